The Morgan fingerprint density at radius 1 is 1.23 bits per heavy atom. The third kappa shape index (κ3) is 3.00. The number of aryl methyl sites for hydroxylation is 2. The summed E-state index contributed by atoms with van der Waals surface area (Å²) in [4.78, 5) is 24.0. The number of hydrogen-bond donors (Lipinski definition) is 0. The van der Waals surface area contributed by atoms with Crippen LogP contribution in [0.3, 0.4) is 0 Å². The van der Waals surface area contributed by atoms with Gasteiger partial charge in [0.1, 0.15) is 17.2 Å². The van der Waals surface area contributed by atoms with Crippen LogP contribution in [0.5, 0.6) is 0 Å². The van der Waals surface area contributed by atoms with Gasteiger partial charge in [0, 0.05) is 44.6 Å². The van der Waals surface area contributed by atoms with E-state index in [2.05, 4.69) is 27.7 Å². The molecule has 0 atom stereocenters. The normalized spacial score (nSPS) is 15.7. The second-order valence-electron chi connectivity index (χ2n) is 7.06. The van der Waals surface area contributed by atoms with Gasteiger partial charge in [-0.05, 0) is 37.8 Å². The second-order valence-corrected chi connectivity index (χ2v) is 7.06. The third-order valence-electron chi connectivity index (χ3n) is 5.38. The van der Waals surface area contributed by atoms with Crippen LogP contribution < -0.4 is 0 Å². The number of carbonyl (C=O) groups excluding carboxylic acids is 1. The fourth-order valence-corrected chi connectivity index (χ4v) is 3.94. The molecule has 3 aromatic heterocycles. The van der Waals surface area contributed by atoms with Crippen molar-refractivity contribution in [2.75, 3.05) is 13.1 Å². The molecule has 0 saturated carbocycles. The van der Waals surface area contributed by atoms with Crippen molar-refractivity contribution < 1.29 is 4.79 Å². The Morgan fingerprint density at radius 2 is 2.04 bits per heavy atom. The lowest BCUT2D eigenvalue weighted by atomic mass is 9.96. The van der Waals surface area contributed by atoms with Gasteiger partial charge in [-0.25, -0.2) is 9.97 Å². The summed E-state index contributed by atoms with van der Waals surface area (Å²) in [7, 11) is 0. The second kappa shape index (κ2) is 6.94. The maximum Gasteiger partial charge on any atom is 0.272 e. The molecule has 0 spiro atoms. The van der Waals surface area contributed by atoms with Crippen LogP contribution in [0.4, 0.5) is 0 Å². The van der Waals surface area contributed by atoms with Gasteiger partial charge in [0.15, 0.2) is 0 Å². The minimum Gasteiger partial charge on any atom is -0.337 e. The van der Waals surface area contributed by atoms with Crippen molar-refractivity contribution in [3.8, 4) is 0 Å². The third-order valence-corrected chi connectivity index (χ3v) is 5.38. The highest BCUT2D eigenvalue weighted by Crippen LogP contribution is 2.23. The molecule has 0 radical (unpaired) electrons. The quantitative estimate of drug-likeness (QED) is 0.726. The average molecular weight is 351 g/mol. The van der Waals surface area contributed by atoms with E-state index in [-0.39, 0.29) is 5.91 Å². The smallest absolute Gasteiger partial charge is 0.272 e. The van der Waals surface area contributed by atoms with Gasteiger partial charge in [0.2, 0.25) is 0 Å². The number of carbonyl (C=O) groups is 1. The van der Waals surface area contributed by atoms with Crippen molar-refractivity contribution in [2.24, 2.45) is 5.92 Å². The number of aromatic nitrogens is 4. The molecule has 0 unspecified atom stereocenters. The summed E-state index contributed by atoms with van der Waals surface area (Å²) in [6, 6.07) is 5.82. The monoisotopic (exact) mass is 351 g/mol. The number of rotatable bonds is 4. The van der Waals surface area contributed by atoms with E-state index in [9.17, 15) is 4.79 Å². The van der Waals surface area contributed by atoms with E-state index in [1.165, 1.54) is 0 Å². The highest BCUT2D eigenvalue weighted by atomic mass is 16.2. The molecule has 1 fully saturated rings. The Bertz CT molecular complexity index is 917. The molecule has 1 saturated heterocycles. The topological polar surface area (TPSA) is 55.4 Å². The van der Waals surface area contributed by atoms with Crippen LogP contribution in [-0.2, 0) is 13.0 Å². The molecule has 0 aromatic carbocycles. The Kier molecular flexibility index (Phi) is 4.49. The molecule has 4 rings (SSSR count). The first-order chi connectivity index (χ1) is 12.7. The summed E-state index contributed by atoms with van der Waals surface area (Å²) in [6.45, 7) is 6.66. The van der Waals surface area contributed by atoms with E-state index in [1.54, 1.807) is 0 Å². The molecule has 4 heterocycles. The molecule has 3 aromatic rings. The summed E-state index contributed by atoms with van der Waals surface area (Å²) in [5.74, 6) is 1.84. The van der Waals surface area contributed by atoms with Gasteiger partial charge in [0.05, 0.1) is 5.69 Å². The number of hydrogen-bond acceptors (Lipinski definition) is 3. The van der Waals surface area contributed by atoms with E-state index >= 15 is 0 Å². The maximum atomic E-state index is 13.1. The fourth-order valence-electron chi connectivity index (χ4n) is 3.94. The molecule has 26 heavy (non-hydrogen) atoms. The number of likely N-dealkylation sites (tertiary alicyclic amines) is 1. The molecule has 136 valence electrons. The lowest BCUT2D eigenvalue weighted by molar-refractivity contribution is 0.0674. The highest BCUT2D eigenvalue weighted by molar-refractivity contribution is 5.94. The summed E-state index contributed by atoms with van der Waals surface area (Å²) >= 11 is 0. The van der Waals surface area contributed by atoms with Gasteiger partial charge in [0.25, 0.3) is 5.91 Å². The Labute approximate surface area is 153 Å². The predicted octanol–water partition coefficient (Wildman–Crippen LogP) is 2.95. The Hall–Kier alpha value is -2.63. The van der Waals surface area contributed by atoms with Gasteiger partial charge >= 0.3 is 0 Å². The molecular formula is C20H25N5O. The van der Waals surface area contributed by atoms with Crippen LogP contribution in [-0.4, -0.2) is 42.8 Å². The van der Waals surface area contributed by atoms with Crippen molar-refractivity contribution in [1.29, 1.82) is 0 Å². The summed E-state index contributed by atoms with van der Waals surface area (Å²) < 4.78 is 4.17. The first-order valence-electron chi connectivity index (χ1n) is 9.40. The number of amides is 1. The van der Waals surface area contributed by atoms with Crippen molar-refractivity contribution in [1.82, 2.24) is 23.8 Å². The van der Waals surface area contributed by atoms with E-state index in [4.69, 9.17) is 0 Å². The lowest BCUT2D eigenvalue weighted by Crippen LogP contribution is -2.40. The molecule has 0 N–H and O–H groups in total. The van der Waals surface area contributed by atoms with Gasteiger partial charge in [-0.1, -0.05) is 13.0 Å². The van der Waals surface area contributed by atoms with Gasteiger partial charge < -0.3 is 9.47 Å². The van der Waals surface area contributed by atoms with Crippen LogP contribution in [0, 0.1) is 12.8 Å². The molecule has 0 bridgehead atoms. The average Bonchev–Trinajstić information content (AvgIpc) is 3.24. The van der Waals surface area contributed by atoms with Gasteiger partial charge in [-0.2, -0.15) is 0 Å². The van der Waals surface area contributed by atoms with Crippen molar-refractivity contribution in [2.45, 2.75) is 39.7 Å². The first kappa shape index (κ1) is 16.8. The van der Waals surface area contributed by atoms with Crippen LogP contribution in [0.15, 0.2) is 36.8 Å². The number of pyridine rings is 1. The van der Waals surface area contributed by atoms with E-state index in [1.807, 2.05) is 46.8 Å². The number of imidazole rings is 2. The Balaban J connectivity index is 1.44. The highest BCUT2D eigenvalue weighted by Gasteiger charge is 2.27. The van der Waals surface area contributed by atoms with Crippen LogP contribution >= 0.6 is 0 Å². The molecule has 6 nitrogen and oxygen atoms in total. The van der Waals surface area contributed by atoms with Crippen molar-refractivity contribution in [3.05, 3.63) is 54.0 Å². The largest absolute Gasteiger partial charge is 0.337 e. The molecular weight excluding hydrogens is 326 g/mol. The van der Waals surface area contributed by atoms with Crippen LogP contribution in [0.25, 0.3) is 5.65 Å². The van der Waals surface area contributed by atoms with Crippen LogP contribution in [0.2, 0.25) is 0 Å². The van der Waals surface area contributed by atoms with E-state index < -0.39 is 0 Å². The minimum atomic E-state index is 0.0940. The zero-order valence-electron chi connectivity index (χ0n) is 15.4. The molecule has 6 heteroatoms. The van der Waals surface area contributed by atoms with Gasteiger partial charge in [-0.15, -0.1) is 0 Å². The van der Waals surface area contributed by atoms with Crippen molar-refractivity contribution in [3.63, 3.8) is 0 Å². The lowest BCUT2D eigenvalue weighted by Gasteiger charge is -2.32. The van der Waals surface area contributed by atoms with Gasteiger partial charge in [-0.3, -0.25) is 9.20 Å². The first-order valence-corrected chi connectivity index (χ1v) is 9.40. The predicted molar refractivity (Wildman–Crippen MR) is 100 cm³/mol. The Morgan fingerprint density at radius 3 is 2.81 bits per heavy atom. The minimum absolute atomic E-state index is 0.0940. The molecule has 1 aliphatic rings. The fraction of sp³-hybridized carbons (Fsp3) is 0.450. The van der Waals surface area contributed by atoms with Crippen molar-refractivity contribution >= 4 is 11.6 Å². The molecule has 1 amide bonds. The standard InChI is InChI=1S/C20H25N5O/c1-3-17-21-9-13-24(17)14-16-7-11-23(12-8-16)20(26)19-15(2)22-18-6-4-5-10-25(18)19/h4-6,9-10,13,16H,3,7-8,11-12,14H2,1-2H3. The molecule has 1 aliphatic heterocycles. The summed E-state index contributed by atoms with van der Waals surface area (Å²) in [5, 5.41) is 0. The summed E-state index contributed by atoms with van der Waals surface area (Å²) in [5.41, 5.74) is 2.33. The SMILES string of the molecule is CCc1nccn1CC1CCN(C(=O)c2c(C)nc3ccccn23)CC1. The zero-order valence-corrected chi connectivity index (χ0v) is 15.4. The van der Waals surface area contributed by atoms with E-state index in [0.29, 0.717) is 11.6 Å². The summed E-state index contributed by atoms with van der Waals surface area (Å²) in [6.07, 6.45) is 8.88. The number of piperidine rings is 1. The number of fused-ring (bicyclic) bond motifs is 1. The zero-order chi connectivity index (χ0) is 18.1. The maximum absolute atomic E-state index is 13.1. The van der Waals surface area contributed by atoms with Crippen LogP contribution in [0.1, 0.15) is 41.8 Å². The van der Waals surface area contributed by atoms with E-state index in [0.717, 1.165) is 56.1 Å². The number of nitrogens with zero attached hydrogens (tertiary/aromatic N) is 5. The molecule has 0 aliphatic carbocycles.